The predicted octanol–water partition coefficient (Wildman–Crippen LogP) is 3.74. The lowest BCUT2D eigenvalue weighted by atomic mass is 10.1. The van der Waals surface area contributed by atoms with Gasteiger partial charge in [-0.05, 0) is 43.5 Å². The van der Waals surface area contributed by atoms with E-state index in [9.17, 15) is 8.42 Å². The van der Waals surface area contributed by atoms with Gasteiger partial charge in [-0.25, -0.2) is 8.42 Å². The number of benzene rings is 1. The van der Waals surface area contributed by atoms with Crippen LogP contribution in [0.5, 0.6) is 0 Å². The molecule has 1 saturated heterocycles. The second-order valence-electron chi connectivity index (χ2n) is 6.36. The van der Waals surface area contributed by atoms with Gasteiger partial charge in [-0.3, -0.25) is 0 Å². The predicted molar refractivity (Wildman–Crippen MR) is 95.7 cm³/mol. The van der Waals surface area contributed by atoms with Crippen LogP contribution in [0.4, 0.5) is 0 Å². The summed E-state index contributed by atoms with van der Waals surface area (Å²) >= 11 is 11.8. The third kappa shape index (κ3) is 5.07. The van der Waals surface area contributed by atoms with Crippen LogP contribution in [0.3, 0.4) is 0 Å². The lowest BCUT2D eigenvalue weighted by Crippen LogP contribution is -2.48. The molecule has 0 radical (unpaired) electrons. The quantitative estimate of drug-likeness (QED) is 0.756. The second kappa shape index (κ2) is 8.17. The van der Waals surface area contributed by atoms with E-state index in [1.165, 1.54) is 28.9 Å². The maximum Gasteiger partial charge on any atom is 0.243 e. The minimum Gasteiger partial charge on any atom is -0.301 e. The van der Waals surface area contributed by atoms with Crippen LogP contribution in [0.25, 0.3) is 0 Å². The van der Waals surface area contributed by atoms with Gasteiger partial charge in [0.2, 0.25) is 10.0 Å². The average Bonchev–Trinajstić information content (AvgIpc) is 2.50. The number of nitrogens with zero attached hydrogens (tertiary/aromatic N) is 2. The highest BCUT2D eigenvalue weighted by Crippen LogP contribution is 2.27. The van der Waals surface area contributed by atoms with Gasteiger partial charge in [0, 0.05) is 26.2 Å². The van der Waals surface area contributed by atoms with Crippen LogP contribution in [0.2, 0.25) is 10.0 Å². The molecular formula is C16H24Cl2N2O2S. The Morgan fingerprint density at radius 1 is 1.09 bits per heavy atom. The number of hydrogen-bond acceptors (Lipinski definition) is 3. The standard InChI is InChI=1S/C16H24Cl2N2O2S/c1-13(2)4-3-7-19-8-10-20(11-9-19)23(21,22)14-5-6-15(17)16(18)12-14/h5-6,12-13H,3-4,7-11H2,1-2H3. The molecule has 0 unspecified atom stereocenters. The summed E-state index contributed by atoms with van der Waals surface area (Å²) in [5.41, 5.74) is 0. The van der Waals surface area contributed by atoms with E-state index in [-0.39, 0.29) is 9.92 Å². The first-order valence-corrected chi connectivity index (χ1v) is 10.2. The molecule has 0 aromatic heterocycles. The molecule has 0 amide bonds. The summed E-state index contributed by atoms with van der Waals surface area (Å²) in [6, 6.07) is 4.46. The molecule has 1 heterocycles. The SMILES string of the molecule is CC(C)CCCN1CCN(S(=O)(=O)c2ccc(Cl)c(Cl)c2)CC1. The topological polar surface area (TPSA) is 40.6 Å². The molecule has 0 bridgehead atoms. The van der Waals surface area contributed by atoms with Crippen molar-refractivity contribution in [2.24, 2.45) is 5.92 Å². The largest absolute Gasteiger partial charge is 0.301 e. The van der Waals surface area contributed by atoms with Crippen molar-refractivity contribution in [2.45, 2.75) is 31.6 Å². The average molecular weight is 379 g/mol. The number of sulfonamides is 1. The molecule has 2 rings (SSSR count). The monoisotopic (exact) mass is 378 g/mol. The van der Waals surface area contributed by atoms with E-state index in [0.29, 0.717) is 24.0 Å². The first kappa shape index (κ1) is 19.0. The first-order chi connectivity index (χ1) is 10.8. The van der Waals surface area contributed by atoms with Crippen molar-refractivity contribution in [3.05, 3.63) is 28.2 Å². The van der Waals surface area contributed by atoms with Gasteiger partial charge in [-0.2, -0.15) is 4.31 Å². The summed E-state index contributed by atoms with van der Waals surface area (Å²) in [5, 5.41) is 0.626. The fraction of sp³-hybridized carbons (Fsp3) is 0.625. The highest BCUT2D eigenvalue weighted by Gasteiger charge is 2.28. The molecule has 1 fully saturated rings. The molecule has 1 aromatic rings. The summed E-state index contributed by atoms with van der Waals surface area (Å²) in [7, 11) is -3.50. The number of hydrogen-bond donors (Lipinski definition) is 0. The first-order valence-electron chi connectivity index (χ1n) is 7.98. The van der Waals surface area contributed by atoms with Gasteiger partial charge < -0.3 is 4.90 Å². The van der Waals surface area contributed by atoms with Gasteiger partial charge in [0.05, 0.1) is 14.9 Å². The van der Waals surface area contributed by atoms with Crippen LogP contribution in [0.1, 0.15) is 26.7 Å². The summed E-state index contributed by atoms with van der Waals surface area (Å²) in [6.07, 6.45) is 2.37. The van der Waals surface area contributed by atoms with E-state index in [0.717, 1.165) is 26.1 Å². The van der Waals surface area contributed by atoms with E-state index in [2.05, 4.69) is 18.7 Å². The van der Waals surface area contributed by atoms with Crippen molar-refractivity contribution < 1.29 is 8.42 Å². The summed E-state index contributed by atoms with van der Waals surface area (Å²) in [5.74, 6) is 0.714. The van der Waals surface area contributed by atoms with E-state index in [1.54, 1.807) is 0 Å². The number of halogens is 2. The minimum absolute atomic E-state index is 0.208. The summed E-state index contributed by atoms with van der Waals surface area (Å²) < 4.78 is 26.9. The Labute approximate surface area is 149 Å². The van der Waals surface area contributed by atoms with Crippen molar-refractivity contribution in [3.8, 4) is 0 Å². The maximum atomic E-state index is 12.7. The van der Waals surface area contributed by atoms with Crippen LogP contribution in [0.15, 0.2) is 23.1 Å². The van der Waals surface area contributed by atoms with Gasteiger partial charge in [0.15, 0.2) is 0 Å². The van der Waals surface area contributed by atoms with E-state index in [4.69, 9.17) is 23.2 Å². The van der Waals surface area contributed by atoms with Gasteiger partial charge in [-0.1, -0.05) is 37.0 Å². The van der Waals surface area contributed by atoms with Gasteiger partial charge in [0.1, 0.15) is 0 Å². The summed E-state index contributed by atoms with van der Waals surface area (Å²) in [6.45, 7) is 8.08. The molecule has 4 nitrogen and oxygen atoms in total. The molecule has 130 valence electrons. The van der Waals surface area contributed by atoms with Crippen molar-refractivity contribution >= 4 is 33.2 Å². The smallest absolute Gasteiger partial charge is 0.243 e. The van der Waals surface area contributed by atoms with Crippen molar-refractivity contribution in [3.63, 3.8) is 0 Å². The Morgan fingerprint density at radius 3 is 2.30 bits per heavy atom. The Hall–Kier alpha value is -0.330. The molecule has 0 N–H and O–H groups in total. The molecule has 23 heavy (non-hydrogen) atoms. The normalized spacial score (nSPS) is 17.8. The third-order valence-electron chi connectivity index (χ3n) is 4.12. The Morgan fingerprint density at radius 2 is 1.74 bits per heavy atom. The molecule has 1 aliphatic heterocycles. The van der Waals surface area contributed by atoms with Crippen LogP contribution in [-0.2, 0) is 10.0 Å². The zero-order chi connectivity index (χ0) is 17.0. The molecular weight excluding hydrogens is 355 g/mol. The van der Waals surface area contributed by atoms with Gasteiger partial charge in [-0.15, -0.1) is 0 Å². The molecule has 0 atom stereocenters. The number of piperazine rings is 1. The van der Waals surface area contributed by atoms with E-state index in [1.807, 2.05) is 0 Å². The van der Waals surface area contributed by atoms with Crippen LogP contribution in [0, 0.1) is 5.92 Å². The second-order valence-corrected chi connectivity index (χ2v) is 9.11. The fourth-order valence-corrected chi connectivity index (χ4v) is 4.51. The van der Waals surface area contributed by atoms with Crippen LogP contribution >= 0.6 is 23.2 Å². The molecule has 1 aliphatic rings. The zero-order valence-electron chi connectivity index (χ0n) is 13.6. The highest BCUT2D eigenvalue weighted by molar-refractivity contribution is 7.89. The molecule has 0 aliphatic carbocycles. The molecule has 7 heteroatoms. The molecule has 0 saturated carbocycles. The van der Waals surface area contributed by atoms with E-state index < -0.39 is 10.0 Å². The highest BCUT2D eigenvalue weighted by atomic mass is 35.5. The Balaban J connectivity index is 1.94. The lowest BCUT2D eigenvalue weighted by Gasteiger charge is -2.34. The minimum atomic E-state index is -3.50. The molecule has 1 aromatic carbocycles. The van der Waals surface area contributed by atoms with Crippen molar-refractivity contribution in [1.82, 2.24) is 9.21 Å². The third-order valence-corrected chi connectivity index (χ3v) is 6.75. The zero-order valence-corrected chi connectivity index (χ0v) is 16.0. The van der Waals surface area contributed by atoms with Crippen LogP contribution in [-0.4, -0.2) is 50.3 Å². The Kier molecular flexibility index (Phi) is 6.75. The van der Waals surface area contributed by atoms with Gasteiger partial charge >= 0.3 is 0 Å². The molecule has 0 spiro atoms. The lowest BCUT2D eigenvalue weighted by molar-refractivity contribution is 0.183. The van der Waals surface area contributed by atoms with Crippen molar-refractivity contribution in [1.29, 1.82) is 0 Å². The van der Waals surface area contributed by atoms with E-state index >= 15 is 0 Å². The van der Waals surface area contributed by atoms with Gasteiger partial charge in [0.25, 0.3) is 0 Å². The number of rotatable bonds is 6. The summed E-state index contributed by atoms with van der Waals surface area (Å²) in [4.78, 5) is 2.55. The van der Waals surface area contributed by atoms with Crippen LogP contribution < -0.4 is 0 Å². The van der Waals surface area contributed by atoms with Crippen molar-refractivity contribution in [2.75, 3.05) is 32.7 Å². The maximum absolute atomic E-state index is 12.7. The fourth-order valence-electron chi connectivity index (χ4n) is 2.70. The Bertz CT molecular complexity index is 627.